The quantitative estimate of drug-likeness (QED) is 0.370. The predicted octanol–water partition coefficient (Wildman–Crippen LogP) is 5.67. The minimum atomic E-state index is -0.523. The van der Waals surface area contributed by atoms with Gasteiger partial charge in [-0.05, 0) is 38.1 Å². The van der Waals surface area contributed by atoms with Crippen LogP contribution in [0.15, 0.2) is 52.1 Å². The van der Waals surface area contributed by atoms with Crippen molar-refractivity contribution in [2.45, 2.75) is 40.3 Å². The molecule has 33 heavy (non-hydrogen) atoms. The largest absolute Gasteiger partial charge is 0.332 e. The number of aromatic nitrogens is 4. The number of benzene rings is 2. The summed E-state index contributed by atoms with van der Waals surface area (Å²) in [6.45, 7) is 7.61. The van der Waals surface area contributed by atoms with Crippen LogP contribution in [0, 0.1) is 5.82 Å². The molecule has 0 spiro atoms. The molecule has 4 rings (SSSR count). The first kappa shape index (κ1) is 24.7. The van der Waals surface area contributed by atoms with Gasteiger partial charge < -0.3 is 4.57 Å². The summed E-state index contributed by atoms with van der Waals surface area (Å²) in [5.74, 6) is -0.116. The van der Waals surface area contributed by atoms with Crippen LogP contribution in [0.4, 0.5) is 4.39 Å². The van der Waals surface area contributed by atoms with E-state index >= 15 is 0 Å². The number of hydrogen-bond acceptors (Lipinski definition) is 3. The zero-order chi connectivity index (χ0) is 24.4. The van der Waals surface area contributed by atoms with Gasteiger partial charge in [-0.1, -0.05) is 55.2 Å². The second-order valence-electron chi connectivity index (χ2n) is 7.51. The van der Waals surface area contributed by atoms with Gasteiger partial charge >= 0.3 is 5.69 Å². The smallest absolute Gasteiger partial charge is 0.313 e. The second kappa shape index (κ2) is 9.93. The number of rotatable bonds is 4. The summed E-state index contributed by atoms with van der Waals surface area (Å²) in [7, 11) is 1.41. The molecule has 6 nitrogen and oxygen atoms in total. The molecular formula is C24H25Cl2FN4O2. The van der Waals surface area contributed by atoms with Gasteiger partial charge in [-0.3, -0.25) is 13.9 Å². The predicted molar refractivity (Wildman–Crippen MR) is 132 cm³/mol. The molecule has 2 heterocycles. The SMILES string of the molecule is CC.CC(C)n1c(=O)n(C)c(=O)c2c1nc(-c1cccc(Cl)c1)n2Cc1c(F)cccc1Cl. The van der Waals surface area contributed by atoms with E-state index in [0.717, 1.165) is 4.57 Å². The molecule has 2 aromatic heterocycles. The number of hydrogen-bond donors (Lipinski definition) is 0. The Bertz CT molecular complexity index is 1420. The molecule has 9 heteroatoms. The summed E-state index contributed by atoms with van der Waals surface area (Å²) in [4.78, 5) is 30.6. The van der Waals surface area contributed by atoms with Crippen molar-refractivity contribution in [1.29, 1.82) is 0 Å². The number of imidazole rings is 1. The zero-order valence-electron chi connectivity index (χ0n) is 19.1. The Morgan fingerprint density at radius 1 is 1.06 bits per heavy atom. The Kier molecular flexibility index (Phi) is 7.44. The van der Waals surface area contributed by atoms with Crippen molar-refractivity contribution in [3.8, 4) is 11.4 Å². The van der Waals surface area contributed by atoms with Crippen LogP contribution in [0.3, 0.4) is 0 Å². The molecule has 0 unspecified atom stereocenters. The zero-order valence-corrected chi connectivity index (χ0v) is 20.6. The molecule has 0 bridgehead atoms. The van der Waals surface area contributed by atoms with Gasteiger partial charge in [0, 0.05) is 34.3 Å². The van der Waals surface area contributed by atoms with E-state index in [4.69, 9.17) is 23.2 Å². The molecule has 174 valence electrons. The van der Waals surface area contributed by atoms with Crippen LogP contribution in [-0.2, 0) is 13.6 Å². The van der Waals surface area contributed by atoms with Crippen molar-refractivity contribution in [3.05, 3.63) is 84.7 Å². The molecule has 0 aliphatic rings. The summed E-state index contributed by atoms with van der Waals surface area (Å²) >= 11 is 12.4. The first-order valence-corrected chi connectivity index (χ1v) is 11.4. The van der Waals surface area contributed by atoms with Crippen molar-refractivity contribution in [2.24, 2.45) is 7.05 Å². The van der Waals surface area contributed by atoms with Gasteiger partial charge in [0.05, 0.1) is 6.54 Å². The van der Waals surface area contributed by atoms with Gasteiger partial charge in [0.25, 0.3) is 5.56 Å². The van der Waals surface area contributed by atoms with Crippen LogP contribution in [0.25, 0.3) is 22.6 Å². The topological polar surface area (TPSA) is 61.8 Å². The molecule has 2 aromatic carbocycles. The molecule has 0 atom stereocenters. The summed E-state index contributed by atoms with van der Waals surface area (Å²) in [6.07, 6.45) is 0. The summed E-state index contributed by atoms with van der Waals surface area (Å²) in [6, 6.07) is 11.1. The molecule has 0 saturated carbocycles. The third-order valence-corrected chi connectivity index (χ3v) is 5.74. The van der Waals surface area contributed by atoms with Gasteiger partial charge in [-0.25, -0.2) is 14.2 Å². The average Bonchev–Trinajstić information content (AvgIpc) is 3.15. The monoisotopic (exact) mass is 490 g/mol. The Balaban J connectivity index is 0.00000149. The number of nitrogens with zero attached hydrogens (tertiary/aromatic N) is 4. The van der Waals surface area contributed by atoms with Gasteiger partial charge in [0.1, 0.15) is 11.6 Å². The van der Waals surface area contributed by atoms with E-state index in [2.05, 4.69) is 4.98 Å². The molecule has 4 aromatic rings. The first-order chi connectivity index (χ1) is 15.7. The molecule has 0 fully saturated rings. The van der Waals surface area contributed by atoms with E-state index in [9.17, 15) is 14.0 Å². The summed E-state index contributed by atoms with van der Waals surface area (Å²) in [5.41, 5.74) is 0.261. The highest BCUT2D eigenvalue weighted by atomic mass is 35.5. The molecule has 0 aliphatic carbocycles. The number of fused-ring (bicyclic) bond motifs is 1. The third kappa shape index (κ3) is 4.48. The van der Waals surface area contributed by atoms with E-state index in [-0.39, 0.29) is 34.3 Å². The average molecular weight is 491 g/mol. The Labute approximate surface area is 200 Å². The van der Waals surface area contributed by atoms with E-state index in [1.165, 1.54) is 23.7 Å². The maximum absolute atomic E-state index is 14.6. The Morgan fingerprint density at radius 3 is 2.33 bits per heavy atom. The molecule has 0 saturated heterocycles. The van der Waals surface area contributed by atoms with Crippen LogP contribution in [0.1, 0.15) is 39.3 Å². The van der Waals surface area contributed by atoms with Gasteiger partial charge in [-0.15, -0.1) is 0 Å². The fraction of sp³-hybridized carbons (Fsp3) is 0.292. The summed E-state index contributed by atoms with van der Waals surface area (Å²) < 4.78 is 18.7. The van der Waals surface area contributed by atoms with Crippen molar-refractivity contribution in [3.63, 3.8) is 0 Å². The lowest BCUT2D eigenvalue weighted by Gasteiger charge is -2.14. The molecule has 0 radical (unpaired) electrons. The van der Waals surface area contributed by atoms with E-state index in [1.54, 1.807) is 34.9 Å². The van der Waals surface area contributed by atoms with E-state index < -0.39 is 17.1 Å². The van der Waals surface area contributed by atoms with Crippen molar-refractivity contribution in [1.82, 2.24) is 18.7 Å². The standard InChI is InChI=1S/C22H19Cl2FN4O2.C2H6/c1-12(2)29-20-18(21(30)27(3)22(29)31)28(11-15-16(24)8-5-9-17(15)25)19(26-20)13-6-4-7-14(23)10-13;1-2/h4-10,12H,11H2,1-3H3;1-2H3. The van der Waals surface area contributed by atoms with Crippen LogP contribution in [0.2, 0.25) is 10.0 Å². The van der Waals surface area contributed by atoms with Crippen LogP contribution in [-0.4, -0.2) is 18.7 Å². The Hall–Kier alpha value is -2.90. The molecule has 0 N–H and O–H groups in total. The lowest BCUT2D eigenvalue weighted by Crippen LogP contribution is -2.39. The maximum Gasteiger partial charge on any atom is 0.332 e. The van der Waals surface area contributed by atoms with Gasteiger partial charge in [-0.2, -0.15) is 0 Å². The van der Waals surface area contributed by atoms with Crippen LogP contribution >= 0.6 is 23.2 Å². The van der Waals surface area contributed by atoms with Crippen LogP contribution in [0.5, 0.6) is 0 Å². The second-order valence-corrected chi connectivity index (χ2v) is 8.36. The highest BCUT2D eigenvalue weighted by molar-refractivity contribution is 6.31. The fourth-order valence-corrected chi connectivity index (χ4v) is 4.04. The summed E-state index contributed by atoms with van der Waals surface area (Å²) in [5, 5.41) is 0.710. The van der Waals surface area contributed by atoms with E-state index in [0.29, 0.717) is 16.4 Å². The lowest BCUT2D eigenvalue weighted by molar-refractivity contribution is 0.551. The number of halogens is 3. The Morgan fingerprint density at radius 2 is 1.73 bits per heavy atom. The van der Waals surface area contributed by atoms with Crippen molar-refractivity contribution < 1.29 is 4.39 Å². The maximum atomic E-state index is 14.6. The minimum Gasteiger partial charge on any atom is -0.313 e. The third-order valence-electron chi connectivity index (χ3n) is 5.15. The highest BCUT2D eigenvalue weighted by Gasteiger charge is 2.24. The molecule has 0 aliphatic heterocycles. The fourth-order valence-electron chi connectivity index (χ4n) is 3.63. The van der Waals surface area contributed by atoms with E-state index in [1.807, 2.05) is 27.7 Å². The lowest BCUT2D eigenvalue weighted by atomic mass is 10.2. The normalized spacial score (nSPS) is 11.1. The highest BCUT2D eigenvalue weighted by Crippen LogP contribution is 2.29. The minimum absolute atomic E-state index is 0.0462. The first-order valence-electron chi connectivity index (χ1n) is 10.6. The molecule has 0 amide bonds. The van der Waals surface area contributed by atoms with Crippen molar-refractivity contribution in [2.75, 3.05) is 0 Å². The van der Waals surface area contributed by atoms with Gasteiger partial charge in [0.2, 0.25) is 0 Å². The van der Waals surface area contributed by atoms with Gasteiger partial charge in [0.15, 0.2) is 11.2 Å². The molecular weight excluding hydrogens is 466 g/mol. The van der Waals surface area contributed by atoms with Crippen LogP contribution < -0.4 is 11.2 Å². The van der Waals surface area contributed by atoms with Crippen molar-refractivity contribution >= 4 is 34.4 Å².